The van der Waals surface area contributed by atoms with Gasteiger partial charge in [0.25, 0.3) is 11.8 Å². The number of hydrogen-bond donors (Lipinski definition) is 2. The summed E-state index contributed by atoms with van der Waals surface area (Å²) in [6.45, 7) is 3.72. The molecule has 0 heterocycles. The number of halogens is 1. The molecule has 1 atom stereocenters. The smallest absolute Gasteiger partial charge is 0.262 e. The molecular weight excluding hydrogens is 444 g/mol. The maximum Gasteiger partial charge on any atom is 0.262 e. The molecule has 0 aliphatic heterocycles. The number of nitrogens with one attached hydrogen (secondary N) is 2. The summed E-state index contributed by atoms with van der Waals surface area (Å²) in [5.41, 5.74) is 2.97. The zero-order valence-electron chi connectivity index (χ0n) is 16.8. The number of rotatable bonds is 7. The molecule has 5 nitrogen and oxygen atoms in total. The molecule has 1 unspecified atom stereocenters. The Balaban J connectivity index is 1.58. The molecule has 3 rings (SSSR count). The molecule has 0 radical (unpaired) electrons. The van der Waals surface area contributed by atoms with Crippen LogP contribution < -0.4 is 15.4 Å². The van der Waals surface area contributed by atoms with Crippen LogP contribution in [-0.2, 0) is 4.79 Å². The largest absolute Gasteiger partial charge is 0.483 e. The van der Waals surface area contributed by atoms with Crippen LogP contribution >= 0.6 is 15.9 Å². The summed E-state index contributed by atoms with van der Waals surface area (Å²) in [5.74, 6) is 0.146. The van der Waals surface area contributed by atoms with Gasteiger partial charge >= 0.3 is 0 Å². The van der Waals surface area contributed by atoms with Crippen LogP contribution in [0.4, 0.5) is 5.69 Å². The zero-order chi connectivity index (χ0) is 21.5. The number of carbonyl (C=O) groups is 2. The van der Waals surface area contributed by atoms with Gasteiger partial charge < -0.3 is 15.4 Å². The van der Waals surface area contributed by atoms with Crippen LogP contribution in [-0.4, -0.2) is 18.4 Å². The predicted octanol–water partition coefficient (Wildman–Crippen LogP) is 5.27. The minimum atomic E-state index is -0.299. The Kier molecular flexibility index (Phi) is 7.25. The van der Waals surface area contributed by atoms with Crippen molar-refractivity contribution in [3.8, 4) is 5.75 Å². The Labute approximate surface area is 184 Å². The minimum absolute atomic E-state index is 0.121. The maximum absolute atomic E-state index is 12.6. The van der Waals surface area contributed by atoms with Crippen LogP contribution in [0.15, 0.2) is 77.3 Å². The monoisotopic (exact) mass is 466 g/mol. The van der Waals surface area contributed by atoms with E-state index in [1.54, 1.807) is 24.3 Å². The van der Waals surface area contributed by atoms with Gasteiger partial charge in [-0.2, -0.15) is 0 Å². The number of hydrogen-bond acceptors (Lipinski definition) is 3. The van der Waals surface area contributed by atoms with Crippen molar-refractivity contribution in [3.05, 3.63) is 94.0 Å². The molecule has 6 heteroatoms. The van der Waals surface area contributed by atoms with Gasteiger partial charge in [0.05, 0.1) is 6.04 Å². The Morgan fingerprint density at radius 1 is 1.00 bits per heavy atom. The number of ether oxygens (including phenoxy) is 1. The van der Waals surface area contributed by atoms with Crippen LogP contribution in [0.3, 0.4) is 0 Å². The van der Waals surface area contributed by atoms with Gasteiger partial charge in [-0.25, -0.2) is 0 Å². The third kappa shape index (κ3) is 5.94. The van der Waals surface area contributed by atoms with Gasteiger partial charge in [-0.05, 0) is 61.4 Å². The van der Waals surface area contributed by atoms with E-state index in [0.29, 0.717) is 17.0 Å². The molecule has 0 spiro atoms. The highest BCUT2D eigenvalue weighted by Crippen LogP contribution is 2.22. The van der Waals surface area contributed by atoms with Gasteiger partial charge in [0.15, 0.2) is 6.61 Å². The highest BCUT2D eigenvalue weighted by atomic mass is 79.9. The van der Waals surface area contributed by atoms with Gasteiger partial charge in [-0.15, -0.1) is 0 Å². The second kappa shape index (κ2) is 10.1. The molecule has 2 N–H and O–H groups in total. The van der Waals surface area contributed by atoms with Crippen molar-refractivity contribution in [1.82, 2.24) is 5.32 Å². The summed E-state index contributed by atoms with van der Waals surface area (Å²) in [6, 6.07) is 22.0. The summed E-state index contributed by atoms with van der Waals surface area (Å²) in [6.07, 6.45) is 0. The lowest BCUT2D eigenvalue weighted by Crippen LogP contribution is -2.27. The minimum Gasteiger partial charge on any atom is -0.483 e. The lowest BCUT2D eigenvalue weighted by molar-refractivity contribution is -0.118. The van der Waals surface area contributed by atoms with Crippen molar-refractivity contribution < 1.29 is 14.3 Å². The molecule has 154 valence electrons. The molecular formula is C24H23BrN2O3. The van der Waals surface area contributed by atoms with E-state index in [2.05, 4.69) is 26.6 Å². The SMILES string of the molecule is Cc1cc(Br)ccc1OCC(=O)Nc1cccc(C(=O)NC(C)c2ccccc2)c1. The molecule has 0 fully saturated rings. The maximum atomic E-state index is 12.6. The van der Waals surface area contributed by atoms with E-state index in [-0.39, 0.29) is 24.5 Å². The van der Waals surface area contributed by atoms with E-state index in [1.165, 1.54) is 0 Å². The standard InChI is InChI=1S/C24H23BrN2O3/c1-16-13-20(25)11-12-22(16)30-15-23(28)27-21-10-6-9-19(14-21)24(29)26-17(2)18-7-4-3-5-8-18/h3-14,17H,15H2,1-2H3,(H,26,29)(H,27,28). The second-order valence-corrected chi connectivity index (χ2v) is 7.85. The summed E-state index contributed by atoms with van der Waals surface area (Å²) < 4.78 is 6.55. The van der Waals surface area contributed by atoms with Crippen molar-refractivity contribution in [2.45, 2.75) is 19.9 Å². The third-order valence-corrected chi connectivity index (χ3v) is 5.04. The molecule has 0 aromatic heterocycles. The van der Waals surface area contributed by atoms with Crippen LogP contribution in [0.5, 0.6) is 5.75 Å². The third-order valence-electron chi connectivity index (χ3n) is 4.55. The van der Waals surface area contributed by atoms with E-state index >= 15 is 0 Å². The molecule has 0 saturated carbocycles. The normalized spacial score (nSPS) is 11.4. The van der Waals surface area contributed by atoms with E-state index in [4.69, 9.17) is 4.74 Å². The molecule has 3 aromatic rings. The first-order valence-electron chi connectivity index (χ1n) is 9.57. The Morgan fingerprint density at radius 2 is 1.77 bits per heavy atom. The lowest BCUT2D eigenvalue weighted by Gasteiger charge is -2.15. The zero-order valence-corrected chi connectivity index (χ0v) is 18.4. The van der Waals surface area contributed by atoms with Crippen LogP contribution in [0, 0.1) is 6.92 Å². The number of benzene rings is 3. The average Bonchev–Trinajstić information content (AvgIpc) is 2.74. The number of carbonyl (C=O) groups excluding carboxylic acids is 2. The van der Waals surface area contributed by atoms with Crippen molar-refractivity contribution in [1.29, 1.82) is 0 Å². The van der Waals surface area contributed by atoms with Crippen LogP contribution in [0.1, 0.15) is 34.5 Å². The van der Waals surface area contributed by atoms with E-state index in [0.717, 1.165) is 15.6 Å². The highest BCUT2D eigenvalue weighted by molar-refractivity contribution is 9.10. The van der Waals surface area contributed by atoms with Crippen molar-refractivity contribution >= 4 is 33.4 Å². The van der Waals surface area contributed by atoms with Gasteiger partial charge in [0.2, 0.25) is 0 Å². The highest BCUT2D eigenvalue weighted by Gasteiger charge is 2.12. The molecule has 30 heavy (non-hydrogen) atoms. The Morgan fingerprint density at radius 3 is 2.50 bits per heavy atom. The lowest BCUT2D eigenvalue weighted by atomic mass is 10.1. The number of aryl methyl sites for hydroxylation is 1. The van der Waals surface area contributed by atoms with Crippen molar-refractivity contribution in [3.63, 3.8) is 0 Å². The molecule has 3 aromatic carbocycles. The summed E-state index contributed by atoms with van der Waals surface area (Å²) in [4.78, 5) is 24.9. The first kappa shape index (κ1) is 21.6. The van der Waals surface area contributed by atoms with Crippen LogP contribution in [0.25, 0.3) is 0 Å². The number of anilines is 1. The Hall–Kier alpha value is -3.12. The fourth-order valence-electron chi connectivity index (χ4n) is 2.96. The second-order valence-electron chi connectivity index (χ2n) is 6.93. The van der Waals surface area contributed by atoms with E-state index in [9.17, 15) is 9.59 Å². The van der Waals surface area contributed by atoms with Gasteiger partial charge in [-0.1, -0.05) is 52.3 Å². The van der Waals surface area contributed by atoms with Crippen molar-refractivity contribution in [2.24, 2.45) is 0 Å². The van der Waals surface area contributed by atoms with E-state index in [1.807, 2.05) is 62.4 Å². The fourth-order valence-corrected chi connectivity index (χ4v) is 3.43. The van der Waals surface area contributed by atoms with Crippen LogP contribution in [0.2, 0.25) is 0 Å². The van der Waals surface area contributed by atoms with Crippen molar-refractivity contribution in [2.75, 3.05) is 11.9 Å². The summed E-state index contributed by atoms with van der Waals surface area (Å²) in [5, 5.41) is 5.74. The fraction of sp³-hybridized carbons (Fsp3) is 0.167. The number of amides is 2. The van der Waals surface area contributed by atoms with Gasteiger partial charge in [0.1, 0.15) is 5.75 Å². The molecule has 0 aliphatic rings. The molecule has 0 saturated heterocycles. The molecule has 2 amide bonds. The predicted molar refractivity (Wildman–Crippen MR) is 122 cm³/mol. The first-order valence-corrected chi connectivity index (χ1v) is 10.4. The molecule has 0 bridgehead atoms. The average molecular weight is 467 g/mol. The van der Waals surface area contributed by atoms with E-state index < -0.39 is 0 Å². The van der Waals surface area contributed by atoms with Gasteiger partial charge in [0, 0.05) is 15.7 Å². The topological polar surface area (TPSA) is 67.4 Å². The quantitative estimate of drug-likeness (QED) is 0.498. The summed E-state index contributed by atoms with van der Waals surface area (Å²) >= 11 is 3.40. The Bertz CT molecular complexity index is 1040. The first-order chi connectivity index (χ1) is 14.4. The molecule has 0 aliphatic carbocycles. The summed E-state index contributed by atoms with van der Waals surface area (Å²) in [7, 11) is 0. The van der Waals surface area contributed by atoms with Gasteiger partial charge in [-0.3, -0.25) is 9.59 Å².